The number of unbranched alkanes of at least 4 members (excludes halogenated alkanes) is 6. The van der Waals surface area contributed by atoms with Gasteiger partial charge in [-0.25, -0.2) is 4.98 Å². The molecule has 1 aromatic carbocycles. The third-order valence-corrected chi connectivity index (χ3v) is 4.75. The third-order valence-electron chi connectivity index (χ3n) is 4.75. The SMILES string of the molecule is CCCCCCCCc1ccc(C#Cc2ccc(CCCC)cc2)nc1. The molecule has 1 aromatic heterocycles. The minimum absolute atomic E-state index is 0.853. The van der Waals surface area contributed by atoms with Crippen molar-refractivity contribution in [3.63, 3.8) is 0 Å². The maximum atomic E-state index is 4.51. The number of hydrogen-bond donors (Lipinski definition) is 0. The number of hydrogen-bond acceptors (Lipinski definition) is 1. The molecule has 0 radical (unpaired) electrons. The second-order valence-corrected chi connectivity index (χ2v) is 7.12. The molecular formula is C25H33N. The van der Waals surface area contributed by atoms with Gasteiger partial charge in [0.05, 0.1) is 0 Å². The Bertz CT molecular complexity index is 671. The lowest BCUT2D eigenvalue weighted by Crippen LogP contribution is -1.90. The molecule has 0 atom stereocenters. The standard InChI is InChI=1S/C25H33N/c1-3-5-7-8-9-10-12-24-18-20-25(26-21-24)19-17-23-15-13-22(14-16-23)11-6-4-2/h13-16,18,20-21H,3-12H2,1-2H3. The fourth-order valence-corrected chi connectivity index (χ4v) is 3.03. The summed E-state index contributed by atoms with van der Waals surface area (Å²) in [4.78, 5) is 4.51. The van der Waals surface area contributed by atoms with Crippen molar-refractivity contribution in [1.29, 1.82) is 0 Å². The predicted octanol–water partition coefficient (Wildman–Crippen LogP) is 6.73. The van der Waals surface area contributed by atoms with Gasteiger partial charge in [0.15, 0.2) is 0 Å². The van der Waals surface area contributed by atoms with Gasteiger partial charge in [-0.05, 0) is 60.9 Å². The molecule has 0 unspecified atom stereocenters. The first-order chi connectivity index (χ1) is 12.8. The average molecular weight is 348 g/mol. The van der Waals surface area contributed by atoms with Gasteiger partial charge in [-0.1, -0.05) is 76.5 Å². The van der Waals surface area contributed by atoms with Crippen LogP contribution >= 0.6 is 0 Å². The smallest absolute Gasteiger partial charge is 0.113 e. The van der Waals surface area contributed by atoms with Gasteiger partial charge in [0.2, 0.25) is 0 Å². The van der Waals surface area contributed by atoms with Crippen LogP contribution in [-0.4, -0.2) is 4.98 Å². The Morgan fingerprint density at radius 2 is 1.31 bits per heavy atom. The third kappa shape index (κ3) is 7.87. The molecule has 0 aliphatic rings. The molecule has 0 fully saturated rings. The van der Waals surface area contributed by atoms with Gasteiger partial charge in [0.25, 0.3) is 0 Å². The molecule has 0 spiro atoms. The first-order valence-electron chi connectivity index (χ1n) is 10.4. The quantitative estimate of drug-likeness (QED) is 0.343. The molecule has 0 amide bonds. The van der Waals surface area contributed by atoms with Gasteiger partial charge in [0, 0.05) is 11.8 Å². The van der Waals surface area contributed by atoms with E-state index < -0.39 is 0 Å². The molecular weight excluding hydrogens is 314 g/mol. The second kappa shape index (κ2) is 12.3. The molecule has 138 valence electrons. The normalized spacial score (nSPS) is 10.4. The summed E-state index contributed by atoms with van der Waals surface area (Å²) in [6.07, 6.45) is 14.8. The Morgan fingerprint density at radius 3 is 2.00 bits per heavy atom. The molecule has 2 rings (SSSR count). The molecule has 0 bridgehead atoms. The number of nitrogens with zero attached hydrogens (tertiary/aromatic N) is 1. The summed E-state index contributed by atoms with van der Waals surface area (Å²) < 4.78 is 0. The van der Waals surface area contributed by atoms with E-state index >= 15 is 0 Å². The molecule has 0 saturated carbocycles. The topological polar surface area (TPSA) is 12.9 Å². The zero-order valence-electron chi connectivity index (χ0n) is 16.6. The zero-order valence-corrected chi connectivity index (χ0v) is 16.6. The van der Waals surface area contributed by atoms with Crippen molar-refractivity contribution in [1.82, 2.24) is 4.98 Å². The number of aromatic nitrogens is 1. The van der Waals surface area contributed by atoms with Crippen molar-refractivity contribution in [3.05, 3.63) is 65.0 Å². The van der Waals surface area contributed by atoms with Crippen molar-refractivity contribution in [2.45, 2.75) is 78.1 Å². The van der Waals surface area contributed by atoms with Crippen LogP contribution in [0, 0.1) is 11.8 Å². The predicted molar refractivity (Wildman–Crippen MR) is 112 cm³/mol. The Balaban J connectivity index is 1.79. The van der Waals surface area contributed by atoms with Crippen molar-refractivity contribution < 1.29 is 0 Å². The van der Waals surface area contributed by atoms with Gasteiger partial charge in [0.1, 0.15) is 5.69 Å². The Labute approximate surface area is 160 Å². The van der Waals surface area contributed by atoms with Gasteiger partial charge < -0.3 is 0 Å². The van der Waals surface area contributed by atoms with E-state index in [0.29, 0.717) is 0 Å². The van der Waals surface area contributed by atoms with E-state index in [1.807, 2.05) is 6.20 Å². The lowest BCUT2D eigenvalue weighted by molar-refractivity contribution is 0.607. The van der Waals surface area contributed by atoms with Crippen LogP contribution in [0.25, 0.3) is 0 Å². The number of aryl methyl sites for hydroxylation is 2. The summed E-state index contributed by atoms with van der Waals surface area (Å²) in [6, 6.07) is 12.8. The van der Waals surface area contributed by atoms with Crippen molar-refractivity contribution >= 4 is 0 Å². The molecule has 0 aliphatic carbocycles. The summed E-state index contributed by atoms with van der Waals surface area (Å²) in [6.45, 7) is 4.49. The van der Waals surface area contributed by atoms with Gasteiger partial charge in [-0.2, -0.15) is 0 Å². The summed E-state index contributed by atoms with van der Waals surface area (Å²) in [5.74, 6) is 6.40. The molecule has 1 heteroatoms. The maximum absolute atomic E-state index is 4.51. The van der Waals surface area contributed by atoms with Crippen LogP contribution < -0.4 is 0 Å². The summed E-state index contributed by atoms with van der Waals surface area (Å²) in [5.41, 5.74) is 4.64. The first kappa shape index (κ1) is 20.2. The lowest BCUT2D eigenvalue weighted by atomic mass is 10.1. The van der Waals surface area contributed by atoms with Crippen LogP contribution in [0.15, 0.2) is 42.6 Å². The van der Waals surface area contributed by atoms with E-state index in [-0.39, 0.29) is 0 Å². The first-order valence-corrected chi connectivity index (χ1v) is 10.4. The molecule has 1 nitrogen and oxygen atoms in total. The van der Waals surface area contributed by atoms with E-state index in [1.54, 1.807) is 0 Å². The van der Waals surface area contributed by atoms with Crippen molar-refractivity contribution in [3.8, 4) is 11.8 Å². The van der Waals surface area contributed by atoms with Crippen LogP contribution in [0.2, 0.25) is 0 Å². The highest BCUT2D eigenvalue weighted by atomic mass is 14.7. The highest BCUT2D eigenvalue weighted by Crippen LogP contribution is 2.10. The summed E-state index contributed by atoms with van der Waals surface area (Å²) in [7, 11) is 0. The number of pyridine rings is 1. The van der Waals surface area contributed by atoms with Crippen LogP contribution in [-0.2, 0) is 12.8 Å². The molecule has 0 saturated heterocycles. The molecule has 1 heterocycles. The maximum Gasteiger partial charge on any atom is 0.113 e. The zero-order chi connectivity index (χ0) is 18.5. The van der Waals surface area contributed by atoms with E-state index in [2.05, 4.69) is 67.1 Å². The van der Waals surface area contributed by atoms with Gasteiger partial charge in [-0.3, -0.25) is 0 Å². The molecule has 0 aliphatic heterocycles. The van der Waals surface area contributed by atoms with Gasteiger partial charge in [-0.15, -0.1) is 0 Å². The van der Waals surface area contributed by atoms with E-state index in [4.69, 9.17) is 0 Å². The molecule has 26 heavy (non-hydrogen) atoms. The highest BCUT2D eigenvalue weighted by molar-refractivity contribution is 5.41. The Kier molecular flexibility index (Phi) is 9.59. The fourth-order valence-electron chi connectivity index (χ4n) is 3.03. The number of benzene rings is 1. The Morgan fingerprint density at radius 1 is 0.654 bits per heavy atom. The van der Waals surface area contributed by atoms with E-state index in [0.717, 1.165) is 24.1 Å². The lowest BCUT2D eigenvalue weighted by Gasteiger charge is -2.02. The van der Waals surface area contributed by atoms with Gasteiger partial charge >= 0.3 is 0 Å². The van der Waals surface area contributed by atoms with Crippen LogP contribution in [0.1, 0.15) is 87.6 Å². The number of rotatable bonds is 10. The highest BCUT2D eigenvalue weighted by Gasteiger charge is 1.96. The molecule has 2 aromatic rings. The second-order valence-electron chi connectivity index (χ2n) is 7.12. The average Bonchev–Trinajstić information content (AvgIpc) is 2.69. The van der Waals surface area contributed by atoms with E-state index in [1.165, 1.54) is 62.5 Å². The van der Waals surface area contributed by atoms with Crippen LogP contribution in [0.3, 0.4) is 0 Å². The minimum Gasteiger partial charge on any atom is -0.248 e. The van der Waals surface area contributed by atoms with Crippen LogP contribution in [0.5, 0.6) is 0 Å². The summed E-state index contributed by atoms with van der Waals surface area (Å²) in [5, 5.41) is 0. The van der Waals surface area contributed by atoms with Crippen molar-refractivity contribution in [2.75, 3.05) is 0 Å². The van der Waals surface area contributed by atoms with Crippen molar-refractivity contribution in [2.24, 2.45) is 0 Å². The monoisotopic (exact) mass is 347 g/mol. The fraction of sp³-hybridized carbons (Fsp3) is 0.480. The minimum atomic E-state index is 0.853. The largest absolute Gasteiger partial charge is 0.248 e. The Hall–Kier alpha value is -2.07. The molecule has 0 N–H and O–H groups in total. The van der Waals surface area contributed by atoms with E-state index in [9.17, 15) is 0 Å². The van der Waals surface area contributed by atoms with Crippen LogP contribution in [0.4, 0.5) is 0 Å². The summed E-state index contributed by atoms with van der Waals surface area (Å²) >= 11 is 0.